The minimum atomic E-state index is -4.79. The standard InChI is InChI=1S/C38H43F6N5O3/c39-37(40,41)51-30-11-9-28(10-12-30)32-26-49(18-4-3-7-35(50)36(45)14-16-46-17-15-36)33-13-8-27(23-31(32)33)24-47-19-21-48(22-20-47)25-29-5-1-2-6-34(29)52-38(42,43)44/h1-2,5-6,8-13,23,26,46H,3-4,7,14-22,24-25,45H2. The first kappa shape index (κ1) is 37.6. The summed E-state index contributed by atoms with van der Waals surface area (Å²) in [7, 11) is 0. The van der Waals surface area contributed by atoms with Gasteiger partial charge in [0.1, 0.15) is 11.5 Å². The smallest absolute Gasteiger partial charge is 0.406 e. The summed E-state index contributed by atoms with van der Waals surface area (Å²) in [5, 5.41) is 4.20. The number of para-hydroxylation sites is 1. The van der Waals surface area contributed by atoms with Crippen molar-refractivity contribution in [3.63, 3.8) is 0 Å². The van der Waals surface area contributed by atoms with Gasteiger partial charge in [0.25, 0.3) is 0 Å². The number of ether oxygens (including phenoxy) is 2. The summed E-state index contributed by atoms with van der Waals surface area (Å²) in [6.07, 6.45) is -4.42. The highest BCUT2D eigenvalue weighted by atomic mass is 19.4. The highest BCUT2D eigenvalue weighted by molar-refractivity contribution is 5.96. The molecule has 3 heterocycles. The molecule has 0 atom stereocenters. The average Bonchev–Trinajstić information content (AvgIpc) is 3.45. The molecule has 0 unspecified atom stereocenters. The number of piperazine rings is 1. The predicted molar refractivity (Wildman–Crippen MR) is 186 cm³/mol. The number of nitrogens with two attached hydrogens (primary N) is 1. The fourth-order valence-corrected chi connectivity index (χ4v) is 7.13. The molecule has 2 saturated heterocycles. The van der Waals surface area contributed by atoms with Crippen LogP contribution in [0.25, 0.3) is 22.0 Å². The lowest BCUT2D eigenvalue weighted by Gasteiger charge is -2.35. The molecule has 1 aromatic heterocycles. The zero-order valence-corrected chi connectivity index (χ0v) is 28.7. The number of carbonyl (C=O) groups is 1. The number of halogens is 6. The number of aromatic nitrogens is 1. The molecule has 2 fully saturated rings. The zero-order chi connectivity index (χ0) is 36.9. The van der Waals surface area contributed by atoms with Crippen LogP contribution >= 0.6 is 0 Å². The molecule has 3 aromatic carbocycles. The first-order valence-electron chi connectivity index (χ1n) is 17.5. The summed E-state index contributed by atoms with van der Waals surface area (Å²) in [5.74, 6) is -0.392. The third-order valence-electron chi connectivity index (χ3n) is 9.91. The molecule has 4 aromatic rings. The quantitative estimate of drug-likeness (QED) is 0.111. The number of aryl methyl sites for hydroxylation is 1. The fraction of sp³-hybridized carbons (Fsp3) is 0.447. The van der Waals surface area contributed by atoms with Crippen molar-refractivity contribution in [2.75, 3.05) is 39.3 Å². The molecule has 280 valence electrons. The topological polar surface area (TPSA) is 85.0 Å². The van der Waals surface area contributed by atoms with Crippen LogP contribution in [-0.4, -0.2) is 77.7 Å². The van der Waals surface area contributed by atoms with Gasteiger partial charge in [0.15, 0.2) is 5.78 Å². The first-order valence-corrected chi connectivity index (χ1v) is 17.5. The third-order valence-corrected chi connectivity index (χ3v) is 9.91. The largest absolute Gasteiger partial charge is 0.573 e. The lowest BCUT2D eigenvalue weighted by molar-refractivity contribution is -0.275. The Morgan fingerprint density at radius 3 is 2.13 bits per heavy atom. The van der Waals surface area contributed by atoms with Crippen LogP contribution in [0.3, 0.4) is 0 Å². The van der Waals surface area contributed by atoms with Gasteiger partial charge in [-0.25, -0.2) is 0 Å². The monoisotopic (exact) mass is 731 g/mol. The highest BCUT2D eigenvalue weighted by Crippen LogP contribution is 2.34. The molecule has 6 rings (SSSR count). The molecule has 0 saturated carbocycles. The van der Waals surface area contributed by atoms with Crippen molar-refractivity contribution in [3.05, 3.63) is 84.1 Å². The normalized spacial score (nSPS) is 17.4. The van der Waals surface area contributed by atoms with E-state index < -0.39 is 18.3 Å². The number of ketones is 1. The minimum absolute atomic E-state index is 0.0963. The summed E-state index contributed by atoms with van der Waals surface area (Å²) < 4.78 is 87.6. The number of benzene rings is 3. The first-order chi connectivity index (χ1) is 24.7. The molecule has 8 nitrogen and oxygen atoms in total. The van der Waals surface area contributed by atoms with E-state index in [1.54, 1.807) is 24.3 Å². The third kappa shape index (κ3) is 9.85. The van der Waals surface area contributed by atoms with Gasteiger partial charge in [-0.3, -0.25) is 14.6 Å². The number of hydrogen-bond acceptors (Lipinski definition) is 7. The number of fused-ring (bicyclic) bond motifs is 1. The fourth-order valence-electron chi connectivity index (χ4n) is 7.13. The van der Waals surface area contributed by atoms with Gasteiger partial charge in [0.05, 0.1) is 5.54 Å². The van der Waals surface area contributed by atoms with Crippen molar-refractivity contribution >= 4 is 16.7 Å². The Morgan fingerprint density at radius 1 is 0.808 bits per heavy atom. The van der Waals surface area contributed by atoms with Gasteiger partial charge in [0.2, 0.25) is 0 Å². The van der Waals surface area contributed by atoms with E-state index in [1.165, 1.54) is 24.3 Å². The maximum atomic E-state index is 12.9. The van der Waals surface area contributed by atoms with Crippen molar-refractivity contribution in [2.45, 2.75) is 70.0 Å². The average molecular weight is 732 g/mol. The molecule has 0 aliphatic carbocycles. The van der Waals surface area contributed by atoms with Crippen LogP contribution in [0.4, 0.5) is 26.3 Å². The number of piperidine rings is 1. The number of alkyl halides is 6. The van der Waals surface area contributed by atoms with Crippen molar-refractivity contribution < 1.29 is 40.6 Å². The number of nitrogens with zero attached hydrogens (tertiary/aromatic N) is 3. The van der Waals surface area contributed by atoms with Crippen LogP contribution in [-0.2, 0) is 24.4 Å². The van der Waals surface area contributed by atoms with Gasteiger partial charge < -0.3 is 25.1 Å². The van der Waals surface area contributed by atoms with E-state index in [1.807, 2.05) is 6.20 Å². The van der Waals surface area contributed by atoms with Crippen molar-refractivity contribution in [2.24, 2.45) is 5.73 Å². The Morgan fingerprint density at radius 2 is 1.46 bits per heavy atom. The summed E-state index contributed by atoms with van der Waals surface area (Å²) in [6, 6.07) is 18.3. The Hall–Kier alpha value is -4.11. The van der Waals surface area contributed by atoms with E-state index in [-0.39, 0.29) is 17.3 Å². The van der Waals surface area contributed by atoms with Crippen molar-refractivity contribution in [1.29, 1.82) is 0 Å². The number of nitrogens with one attached hydrogen (secondary N) is 1. The summed E-state index contributed by atoms with van der Waals surface area (Å²) in [5.41, 5.74) is 9.77. The summed E-state index contributed by atoms with van der Waals surface area (Å²) in [6.45, 7) is 5.89. The molecule has 3 N–H and O–H groups in total. The second kappa shape index (κ2) is 15.9. The molecule has 0 bridgehead atoms. The van der Waals surface area contributed by atoms with E-state index in [0.717, 1.165) is 47.1 Å². The van der Waals surface area contributed by atoms with Gasteiger partial charge in [-0.2, -0.15) is 0 Å². The Bertz CT molecular complexity index is 1810. The number of carbonyl (C=O) groups excluding carboxylic acids is 1. The molecule has 0 radical (unpaired) electrons. The lowest BCUT2D eigenvalue weighted by atomic mass is 9.83. The molecule has 2 aliphatic rings. The maximum absolute atomic E-state index is 12.9. The number of unbranched alkanes of at least 4 members (excludes halogenated alkanes) is 1. The van der Waals surface area contributed by atoms with Crippen molar-refractivity contribution in [3.8, 4) is 22.6 Å². The van der Waals surface area contributed by atoms with Gasteiger partial charge in [0, 0.05) is 80.5 Å². The lowest BCUT2D eigenvalue weighted by Crippen LogP contribution is -2.54. The molecular weight excluding hydrogens is 688 g/mol. The van der Waals surface area contributed by atoms with Gasteiger partial charge >= 0.3 is 12.7 Å². The zero-order valence-electron chi connectivity index (χ0n) is 28.7. The number of hydrogen-bond donors (Lipinski definition) is 2. The molecular formula is C38H43F6N5O3. The molecule has 0 spiro atoms. The molecule has 0 amide bonds. The van der Waals surface area contributed by atoms with E-state index in [4.69, 9.17) is 5.73 Å². The van der Waals surface area contributed by atoms with Crippen LogP contribution in [0.2, 0.25) is 0 Å². The van der Waals surface area contributed by atoms with E-state index in [9.17, 15) is 31.1 Å². The number of Topliss-reactive ketones (excluding diaryl/α,β-unsaturated/α-hetero) is 1. The minimum Gasteiger partial charge on any atom is -0.406 e. The van der Waals surface area contributed by atoms with Crippen LogP contribution in [0, 0.1) is 0 Å². The Balaban J connectivity index is 1.14. The SMILES string of the molecule is NC1(C(=O)CCCCn2cc(-c3ccc(OC(F)(F)F)cc3)c3cc(CN4CCN(Cc5ccccc5OC(F)(F)F)CC4)ccc32)CCNCC1. The van der Waals surface area contributed by atoms with Crippen LogP contribution < -0.4 is 20.5 Å². The van der Waals surface area contributed by atoms with Crippen molar-refractivity contribution in [1.82, 2.24) is 19.7 Å². The molecule has 14 heteroatoms. The summed E-state index contributed by atoms with van der Waals surface area (Å²) in [4.78, 5) is 17.3. The second-order valence-electron chi connectivity index (χ2n) is 13.7. The summed E-state index contributed by atoms with van der Waals surface area (Å²) >= 11 is 0. The highest BCUT2D eigenvalue weighted by Gasteiger charge is 2.35. The van der Waals surface area contributed by atoms with Gasteiger partial charge in [-0.05, 0) is 80.2 Å². The van der Waals surface area contributed by atoms with Gasteiger partial charge in [-0.1, -0.05) is 36.4 Å². The van der Waals surface area contributed by atoms with Gasteiger partial charge in [-0.15, -0.1) is 26.3 Å². The van der Waals surface area contributed by atoms with Crippen LogP contribution in [0.1, 0.15) is 43.2 Å². The van der Waals surface area contributed by atoms with Crippen LogP contribution in [0.5, 0.6) is 11.5 Å². The van der Waals surface area contributed by atoms with E-state index >= 15 is 0 Å². The van der Waals surface area contributed by atoms with E-state index in [2.05, 4.69) is 47.4 Å². The molecule has 2 aliphatic heterocycles. The molecule has 52 heavy (non-hydrogen) atoms. The predicted octanol–water partition coefficient (Wildman–Crippen LogP) is 7.24. The van der Waals surface area contributed by atoms with E-state index in [0.29, 0.717) is 77.1 Å². The second-order valence-corrected chi connectivity index (χ2v) is 13.7. The maximum Gasteiger partial charge on any atom is 0.573 e. The number of rotatable bonds is 13. The van der Waals surface area contributed by atoms with Crippen LogP contribution in [0.15, 0.2) is 72.9 Å². The Kier molecular flexibility index (Phi) is 11.5. The Labute approximate surface area is 298 Å².